The molecule has 2 aromatic carbocycles. The minimum atomic E-state index is -1.34. The van der Waals surface area contributed by atoms with Crippen LogP contribution in [0.1, 0.15) is 10.4 Å². The third kappa shape index (κ3) is 3.79. The van der Waals surface area contributed by atoms with Crippen LogP contribution in [-0.2, 0) is 0 Å². The lowest BCUT2D eigenvalue weighted by atomic mass is 9.97. The van der Waals surface area contributed by atoms with Crippen LogP contribution in [0.4, 0.5) is 29.3 Å². The highest BCUT2D eigenvalue weighted by molar-refractivity contribution is 6.17. The van der Waals surface area contributed by atoms with Crippen molar-refractivity contribution in [3.63, 3.8) is 0 Å². The number of fused-ring (bicyclic) bond motifs is 1. The van der Waals surface area contributed by atoms with Gasteiger partial charge in [-0.25, -0.2) is 18.0 Å². The number of hydrogen-bond donors (Lipinski definition) is 3. The van der Waals surface area contributed by atoms with Gasteiger partial charge in [-0.2, -0.15) is 0 Å². The molecule has 0 aromatic heterocycles. The molecule has 0 bridgehead atoms. The molecule has 0 saturated heterocycles. The smallest absolute Gasteiger partial charge is 0.323 e. The molecule has 7 nitrogen and oxygen atoms in total. The first-order chi connectivity index (χ1) is 14.4. The number of carbonyl (C=O) groups excluding carboxylic acids is 2. The summed E-state index contributed by atoms with van der Waals surface area (Å²) in [6.07, 6.45) is 3.77. The van der Waals surface area contributed by atoms with Crippen LogP contribution in [0, 0.1) is 17.5 Å². The largest absolute Gasteiger partial charge is 0.367 e. The predicted molar refractivity (Wildman–Crippen MR) is 106 cm³/mol. The maximum Gasteiger partial charge on any atom is 0.323 e. The Bertz CT molecular complexity index is 1130. The van der Waals surface area contributed by atoms with Gasteiger partial charge < -0.3 is 16.0 Å². The Balaban J connectivity index is 1.55. The van der Waals surface area contributed by atoms with Gasteiger partial charge in [-0.15, -0.1) is 0 Å². The van der Waals surface area contributed by atoms with E-state index in [-0.39, 0.29) is 16.9 Å². The number of amides is 2. The van der Waals surface area contributed by atoms with E-state index in [9.17, 15) is 22.8 Å². The Hall–Kier alpha value is -3.95. The number of Topliss-reactive ketones (excluding diaryl/α,β-unsaturated/α-hetero) is 1. The average Bonchev–Trinajstić information content (AvgIpc) is 3.14. The number of halogens is 3. The number of benzene rings is 2. The molecule has 0 aliphatic carbocycles. The number of nitrogens with one attached hydrogen (secondary N) is 3. The summed E-state index contributed by atoms with van der Waals surface area (Å²) in [5, 5.41) is 7.51. The summed E-state index contributed by atoms with van der Waals surface area (Å²) in [5.74, 6) is -3.99. The number of nitrogens with zero attached hydrogens (tertiary/aromatic N) is 2. The van der Waals surface area contributed by atoms with E-state index in [0.29, 0.717) is 0 Å². The lowest BCUT2D eigenvalue weighted by Crippen LogP contribution is -2.32. The highest BCUT2D eigenvalue weighted by Crippen LogP contribution is 2.27. The van der Waals surface area contributed by atoms with Crippen molar-refractivity contribution in [3.05, 3.63) is 71.2 Å². The standard InChI is InChI=1S/C20H14F3N5O2/c21-10-2-1-3-11(6-10)27-20(30)28-12-7-13(16(23)15(22)8-12)18(29)14-9-26-19-17(14)24-4-5-25-19/h1-9,17,19,26H,(H2,27,28,30). The molecule has 2 aromatic rings. The van der Waals surface area contributed by atoms with Gasteiger partial charge in [-0.3, -0.25) is 14.8 Å². The fraction of sp³-hybridized carbons (Fsp3) is 0.100. The van der Waals surface area contributed by atoms with Crippen molar-refractivity contribution in [1.82, 2.24) is 5.32 Å². The Morgan fingerprint density at radius 2 is 1.73 bits per heavy atom. The molecular formula is C20H14F3N5O2. The maximum absolute atomic E-state index is 14.4. The van der Waals surface area contributed by atoms with Gasteiger partial charge in [0.2, 0.25) is 0 Å². The normalized spacial score (nSPS) is 19.0. The molecule has 2 aliphatic heterocycles. The lowest BCUT2D eigenvalue weighted by molar-refractivity contribution is 0.102. The fourth-order valence-electron chi connectivity index (χ4n) is 3.11. The van der Waals surface area contributed by atoms with E-state index >= 15 is 0 Å². The topological polar surface area (TPSA) is 95.0 Å². The van der Waals surface area contributed by atoms with Crippen LogP contribution in [0.15, 0.2) is 58.2 Å². The Kier molecular flexibility index (Phi) is 5.05. The SMILES string of the molecule is O=C(Nc1cccc(F)c1)Nc1cc(F)c(F)c(C(=O)C2=CNC3N=CC=NC23)c1. The molecule has 3 N–H and O–H groups in total. The molecule has 0 spiro atoms. The molecular weight excluding hydrogens is 399 g/mol. The first kappa shape index (κ1) is 19.4. The second-order valence-corrected chi connectivity index (χ2v) is 6.49. The molecule has 30 heavy (non-hydrogen) atoms. The summed E-state index contributed by atoms with van der Waals surface area (Å²) in [6.45, 7) is 0. The van der Waals surface area contributed by atoms with Crippen LogP contribution in [0.3, 0.4) is 0 Å². The molecule has 0 saturated carbocycles. The molecule has 0 fully saturated rings. The molecule has 10 heteroatoms. The van der Waals surface area contributed by atoms with Crippen LogP contribution >= 0.6 is 0 Å². The second-order valence-electron chi connectivity index (χ2n) is 6.49. The van der Waals surface area contributed by atoms with Crippen LogP contribution in [-0.4, -0.2) is 36.5 Å². The minimum Gasteiger partial charge on any atom is -0.367 e. The minimum absolute atomic E-state index is 0.118. The Labute approximate surface area is 168 Å². The molecule has 2 atom stereocenters. The lowest BCUT2D eigenvalue weighted by Gasteiger charge is -2.17. The molecule has 2 unspecified atom stereocenters. The van der Waals surface area contributed by atoms with Gasteiger partial charge in [0.1, 0.15) is 18.0 Å². The van der Waals surface area contributed by atoms with Gasteiger partial charge in [-0.05, 0) is 24.3 Å². The van der Waals surface area contributed by atoms with Crippen molar-refractivity contribution < 1.29 is 22.8 Å². The number of ketones is 1. The van der Waals surface area contributed by atoms with Crippen molar-refractivity contribution in [2.75, 3.05) is 10.6 Å². The Morgan fingerprint density at radius 3 is 2.53 bits per heavy atom. The zero-order valence-corrected chi connectivity index (χ0v) is 15.2. The highest BCUT2D eigenvalue weighted by Gasteiger charge is 2.35. The number of aliphatic imine (C=N–C) groups is 2. The van der Waals surface area contributed by atoms with E-state index in [1.165, 1.54) is 36.8 Å². The molecule has 4 rings (SSSR count). The number of rotatable bonds is 4. The maximum atomic E-state index is 14.4. The number of carbonyl (C=O) groups is 2. The predicted octanol–water partition coefficient (Wildman–Crippen LogP) is 3.27. The number of hydrogen-bond acceptors (Lipinski definition) is 5. The van der Waals surface area contributed by atoms with Crippen molar-refractivity contribution in [1.29, 1.82) is 0 Å². The van der Waals surface area contributed by atoms with Gasteiger partial charge in [0, 0.05) is 41.6 Å². The first-order valence-corrected chi connectivity index (χ1v) is 8.81. The van der Waals surface area contributed by atoms with Crippen LogP contribution < -0.4 is 16.0 Å². The van der Waals surface area contributed by atoms with Gasteiger partial charge in [0.25, 0.3) is 0 Å². The van der Waals surface area contributed by atoms with Crippen molar-refractivity contribution in [2.45, 2.75) is 12.2 Å². The second kappa shape index (κ2) is 7.82. The molecule has 0 radical (unpaired) electrons. The Morgan fingerprint density at radius 1 is 0.967 bits per heavy atom. The van der Waals surface area contributed by atoms with E-state index < -0.39 is 47.0 Å². The van der Waals surface area contributed by atoms with Crippen LogP contribution in [0.5, 0.6) is 0 Å². The van der Waals surface area contributed by atoms with Gasteiger partial charge >= 0.3 is 6.03 Å². The molecule has 2 aliphatic rings. The van der Waals surface area contributed by atoms with Crippen LogP contribution in [0.2, 0.25) is 0 Å². The molecule has 2 amide bonds. The zero-order chi connectivity index (χ0) is 21.3. The van der Waals surface area contributed by atoms with Gasteiger partial charge in [-0.1, -0.05) is 6.07 Å². The fourth-order valence-corrected chi connectivity index (χ4v) is 3.11. The monoisotopic (exact) mass is 413 g/mol. The highest BCUT2D eigenvalue weighted by atomic mass is 19.2. The summed E-state index contributed by atoms with van der Waals surface area (Å²) in [7, 11) is 0. The van der Waals surface area contributed by atoms with Gasteiger partial charge in [0.05, 0.1) is 5.56 Å². The molecule has 2 heterocycles. The number of urea groups is 1. The zero-order valence-electron chi connectivity index (χ0n) is 15.2. The van der Waals surface area contributed by atoms with Crippen LogP contribution in [0.25, 0.3) is 0 Å². The first-order valence-electron chi connectivity index (χ1n) is 8.81. The summed E-state index contributed by atoms with van der Waals surface area (Å²) in [5.41, 5.74) is -0.433. The summed E-state index contributed by atoms with van der Waals surface area (Å²) in [4.78, 5) is 33.2. The third-order valence-corrected chi connectivity index (χ3v) is 4.46. The molecule has 152 valence electrons. The van der Waals surface area contributed by atoms with Crippen molar-refractivity contribution >= 4 is 35.6 Å². The summed E-state index contributed by atoms with van der Waals surface area (Å²) in [6, 6.07) is 5.42. The van der Waals surface area contributed by atoms with E-state index in [2.05, 4.69) is 25.9 Å². The third-order valence-electron chi connectivity index (χ3n) is 4.46. The summed E-state index contributed by atoms with van der Waals surface area (Å²) >= 11 is 0. The van der Waals surface area contributed by atoms with Crippen molar-refractivity contribution in [2.24, 2.45) is 9.98 Å². The van der Waals surface area contributed by atoms with E-state index in [1.54, 1.807) is 0 Å². The quantitative estimate of drug-likeness (QED) is 0.672. The summed E-state index contributed by atoms with van der Waals surface area (Å²) < 4.78 is 41.7. The van der Waals surface area contributed by atoms with E-state index in [0.717, 1.165) is 18.2 Å². The van der Waals surface area contributed by atoms with E-state index in [4.69, 9.17) is 0 Å². The van der Waals surface area contributed by atoms with Gasteiger partial charge in [0.15, 0.2) is 17.4 Å². The van der Waals surface area contributed by atoms with E-state index in [1.807, 2.05) is 0 Å². The number of anilines is 2. The average molecular weight is 413 g/mol. The van der Waals surface area contributed by atoms with Crippen molar-refractivity contribution in [3.8, 4) is 0 Å².